The zero-order chi connectivity index (χ0) is 14.9. The van der Waals surface area contributed by atoms with Crippen LogP contribution in [0.25, 0.3) is 0 Å². The van der Waals surface area contributed by atoms with E-state index in [1.54, 1.807) is 0 Å². The van der Waals surface area contributed by atoms with Crippen LogP contribution in [0.2, 0.25) is 0 Å². The van der Waals surface area contributed by atoms with Gasteiger partial charge < -0.3 is 5.32 Å². The summed E-state index contributed by atoms with van der Waals surface area (Å²) < 4.78 is 0. The number of guanidine groups is 1. The van der Waals surface area contributed by atoms with Crippen molar-refractivity contribution >= 4 is 11.6 Å². The molecule has 2 aromatic carbocycles. The van der Waals surface area contributed by atoms with Crippen molar-refractivity contribution in [2.24, 2.45) is 10.8 Å². The third-order valence-electron chi connectivity index (χ3n) is 3.37. The van der Waals surface area contributed by atoms with Crippen LogP contribution in [-0.4, -0.2) is 12.5 Å². The Balaban J connectivity index is 1.87. The van der Waals surface area contributed by atoms with E-state index in [4.69, 9.17) is 5.84 Å². The second-order valence-corrected chi connectivity index (χ2v) is 4.97. The van der Waals surface area contributed by atoms with Crippen LogP contribution in [0.1, 0.15) is 24.8 Å². The van der Waals surface area contributed by atoms with Gasteiger partial charge in [0.05, 0.1) is 0 Å². The molecule has 4 N–H and O–H groups in total. The van der Waals surface area contributed by atoms with Gasteiger partial charge >= 0.3 is 0 Å². The van der Waals surface area contributed by atoms with Gasteiger partial charge in [-0.1, -0.05) is 55.5 Å². The zero-order valence-electron chi connectivity index (χ0n) is 12.3. The Morgan fingerprint density at radius 1 is 1.05 bits per heavy atom. The van der Waals surface area contributed by atoms with E-state index in [1.165, 1.54) is 5.56 Å². The molecule has 0 aliphatic heterocycles. The topological polar surface area (TPSA) is 62.4 Å². The number of para-hydroxylation sites is 1. The van der Waals surface area contributed by atoms with E-state index in [1.807, 2.05) is 36.4 Å². The van der Waals surface area contributed by atoms with E-state index in [9.17, 15) is 0 Å². The molecule has 0 saturated heterocycles. The summed E-state index contributed by atoms with van der Waals surface area (Å²) in [5.41, 5.74) is 4.91. The normalized spacial score (nSPS) is 12.8. The maximum absolute atomic E-state index is 5.51. The Kier molecular flexibility index (Phi) is 5.79. The lowest BCUT2D eigenvalue weighted by Crippen LogP contribution is -2.36. The zero-order valence-corrected chi connectivity index (χ0v) is 12.3. The Morgan fingerprint density at radius 3 is 2.29 bits per heavy atom. The minimum atomic E-state index is 0.477. The number of hydrazine groups is 1. The molecule has 0 saturated carbocycles. The van der Waals surface area contributed by atoms with Gasteiger partial charge in [-0.25, -0.2) is 5.84 Å². The third kappa shape index (κ3) is 4.93. The first-order valence-electron chi connectivity index (χ1n) is 7.17. The van der Waals surface area contributed by atoms with Crippen LogP contribution in [0.5, 0.6) is 0 Å². The Bertz CT molecular complexity index is 552. The van der Waals surface area contributed by atoms with E-state index < -0.39 is 0 Å². The van der Waals surface area contributed by atoms with Gasteiger partial charge in [0.1, 0.15) is 0 Å². The molecule has 1 atom stereocenters. The summed E-state index contributed by atoms with van der Waals surface area (Å²) >= 11 is 0. The largest absolute Gasteiger partial charge is 0.325 e. The quantitative estimate of drug-likeness (QED) is 0.342. The fraction of sp³-hybridized carbons (Fsp3) is 0.235. The standard InChI is InChI=1S/C17H22N4/c1-14(15-8-4-2-5-9-15)12-13-19-17(21-18)20-16-10-6-3-7-11-16/h2-11,14H,12-13,18H2,1H3,(H2,19,20,21). The van der Waals surface area contributed by atoms with Crippen molar-refractivity contribution in [2.45, 2.75) is 19.3 Å². The lowest BCUT2D eigenvalue weighted by Gasteiger charge is -2.12. The van der Waals surface area contributed by atoms with Gasteiger partial charge in [-0.3, -0.25) is 10.4 Å². The van der Waals surface area contributed by atoms with Crippen molar-refractivity contribution in [2.75, 3.05) is 11.9 Å². The highest BCUT2D eigenvalue weighted by Crippen LogP contribution is 2.18. The molecule has 2 aromatic rings. The third-order valence-corrected chi connectivity index (χ3v) is 3.37. The summed E-state index contributed by atoms with van der Waals surface area (Å²) in [4.78, 5) is 4.47. The van der Waals surface area contributed by atoms with Gasteiger partial charge in [0.15, 0.2) is 0 Å². The smallest absolute Gasteiger partial charge is 0.210 e. The average molecular weight is 282 g/mol. The van der Waals surface area contributed by atoms with Crippen LogP contribution in [0, 0.1) is 0 Å². The molecule has 0 heterocycles. The molecule has 21 heavy (non-hydrogen) atoms. The van der Waals surface area contributed by atoms with Crippen molar-refractivity contribution in [1.29, 1.82) is 0 Å². The molecular weight excluding hydrogens is 260 g/mol. The number of nitrogens with zero attached hydrogens (tertiary/aromatic N) is 1. The fourth-order valence-electron chi connectivity index (χ4n) is 2.10. The van der Waals surface area contributed by atoms with Crippen LogP contribution in [-0.2, 0) is 0 Å². The number of aliphatic imine (C=N–C) groups is 1. The lowest BCUT2D eigenvalue weighted by atomic mass is 9.98. The van der Waals surface area contributed by atoms with Gasteiger partial charge in [0.2, 0.25) is 5.96 Å². The van der Waals surface area contributed by atoms with E-state index in [2.05, 4.69) is 46.9 Å². The molecule has 0 aliphatic rings. The molecule has 2 rings (SSSR count). The minimum Gasteiger partial charge on any atom is -0.325 e. The monoisotopic (exact) mass is 282 g/mol. The first-order chi connectivity index (χ1) is 10.3. The summed E-state index contributed by atoms with van der Waals surface area (Å²) in [5.74, 6) is 6.57. The maximum atomic E-state index is 5.51. The van der Waals surface area contributed by atoms with E-state index in [0.29, 0.717) is 11.9 Å². The number of nitrogens with one attached hydrogen (secondary N) is 2. The Labute approximate surface area is 126 Å². The van der Waals surface area contributed by atoms with E-state index in [0.717, 1.165) is 18.7 Å². The highest BCUT2D eigenvalue weighted by atomic mass is 15.3. The van der Waals surface area contributed by atoms with Crippen LogP contribution < -0.4 is 16.6 Å². The van der Waals surface area contributed by atoms with Gasteiger partial charge in [0, 0.05) is 12.2 Å². The molecule has 0 fully saturated rings. The Hall–Kier alpha value is -2.33. The van der Waals surface area contributed by atoms with Crippen molar-refractivity contribution in [3.05, 3.63) is 66.2 Å². The van der Waals surface area contributed by atoms with Crippen LogP contribution >= 0.6 is 0 Å². The number of anilines is 1. The number of hydrogen-bond acceptors (Lipinski definition) is 2. The molecule has 0 amide bonds. The van der Waals surface area contributed by atoms with Gasteiger partial charge in [-0.05, 0) is 30.0 Å². The molecule has 4 nitrogen and oxygen atoms in total. The van der Waals surface area contributed by atoms with E-state index in [-0.39, 0.29) is 0 Å². The number of nitrogens with two attached hydrogens (primary N) is 1. The lowest BCUT2D eigenvalue weighted by molar-refractivity contribution is 0.689. The summed E-state index contributed by atoms with van der Waals surface area (Å²) in [6.45, 7) is 2.93. The van der Waals surface area contributed by atoms with Gasteiger partial charge in [0.25, 0.3) is 0 Å². The summed E-state index contributed by atoms with van der Waals surface area (Å²) in [7, 11) is 0. The SMILES string of the molecule is CC(CCN=C(NN)Nc1ccccc1)c1ccccc1. The number of benzene rings is 2. The number of hydrogen-bond donors (Lipinski definition) is 3. The fourth-order valence-corrected chi connectivity index (χ4v) is 2.10. The molecular formula is C17H22N4. The molecule has 0 aromatic heterocycles. The summed E-state index contributed by atoms with van der Waals surface area (Å²) in [6.07, 6.45) is 0.978. The first-order valence-corrected chi connectivity index (χ1v) is 7.17. The summed E-state index contributed by atoms with van der Waals surface area (Å²) in [6, 6.07) is 20.3. The van der Waals surface area contributed by atoms with Crippen LogP contribution in [0.15, 0.2) is 65.7 Å². The highest BCUT2D eigenvalue weighted by Gasteiger charge is 2.04. The number of rotatable bonds is 5. The second kappa shape index (κ2) is 8.07. The predicted molar refractivity (Wildman–Crippen MR) is 89.2 cm³/mol. The Morgan fingerprint density at radius 2 is 1.67 bits per heavy atom. The maximum Gasteiger partial charge on any atom is 0.210 e. The molecule has 0 spiro atoms. The minimum absolute atomic E-state index is 0.477. The highest BCUT2D eigenvalue weighted by molar-refractivity contribution is 5.93. The van der Waals surface area contributed by atoms with Crippen molar-refractivity contribution in [3.8, 4) is 0 Å². The summed E-state index contributed by atoms with van der Waals surface area (Å²) in [5, 5.41) is 3.16. The van der Waals surface area contributed by atoms with E-state index >= 15 is 0 Å². The first kappa shape index (κ1) is 15.1. The molecule has 0 aliphatic carbocycles. The predicted octanol–water partition coefficient (Wildman–Crippen LogP) is 3.11. The average Bonchev–Trinajstić information content (AvgIpc) is 2.55. The van der Waals surface area contributed by atoms with Crippen LogP contribution in [0.3, 0.4) is 0 Å². The molecule has 1 unspecified atom stereocenters. The molecule has 110 valence electrons. The molecule has 0 radical (unpaired) electrons. The van der Waals surface area contributed by atoms with Crippen LogP contribution in [0.4, 0.5) is 5.69 Å². The van der Waals surface area contributed by atoms with Gasteiger partial charge in [-0.15, -0.1) is 0 Å². The molecule has 4 heteroatoms. The van der Waals surface area contributed by atoms with Crippen molar-refractivity contribution in [3.63, 3.8) is 0 Å². The van der Waals surface area contributed by atoms with Crippen molar-refractivity contribution < 1.29 is 0 Å². The second-order valence-electron chi connectivity index (χ2n) is 4.97. The molecule has 0 bridgehead atoms. The van der Waals surface area contributed by atoms with Gasteiger partial charge in [-0.2, -0.15) is 0 Å². The van der Waals surface area contributed by atoms with Crippen molar-refractivity contribution in [1.82, 2.24) is 5.43 Å².